The topological polar surface area (TPSA) is 34.5 Å². The van der Waals surface area contributed by atoms with E-state index in [1.54, 1.807) is 0 Å². The van der Waals surface area contributed by atoms with E-state index in [0.717, 1.165) is 11.3 Å². The van der Waals surface area contributed by atoms with Gasteiger partial charge in [-0.2, -0.15) is 0 Å². The van der Waals surface area contributed by atoms with E-state index in [9.17, 15) is 0 Å². The summed E-state index contributed by atoms with van der Waals surface area (Å²) >= 11 is 0. The Hall–Kier alpha value is -4.50. The van der Waals surface area contributed by atoms with Crippen LogP contribution in [0, 0.1) is 0 Å². The number of aliphatic imine (C=N–C) groups is 1. The molecule has 0 unspecified atom stereocenters. The molecule has 1 aliphatic heterocycles. The molecule has 1 aliphatic rings. The number of benzene rings is 5. The molecule has 0 fully saturated rings. The first-order valence-corrected chi connectivity index (χ1v) is 12.7. The Morgan fingerprint density at radius 2 is 1.19 bits per heavy atom. The molecule has 0 aliphatic carbocycles. The molecule has 178 valence electrons. The summed E-state index contributed by atoms with van der Waals surface area (Å²) in [5.74, 6) is 0.623. The Kier molecular flexibility index (Phi) is 4.87. The fourth-order valence-electron chi connectivity index (χ4n) is 5.49. The van der Waals surface area contributed by atoms with Gasteiger partial charge in [-0.15, -0.1) is 0 Å². The summed E-state index contributed by atoms with van der Waals surface area (Å²) in [5, 5.41) is 7.41. The van der Waals surface area contributed by atoms with Crippen molar-refractivity contribution in [2.24, 2.45) is 4.99 Å². The van der Waals surface area contributed by atoms with Gasteiger partial charge in [0.25, 0.3) is 0 Å². The van der Waals surface area contributed by atoms with Gasteiger partial charge in [-0.05, 0) is 75.0 Å². The molecular weight excluding hydrogens is 452 g/mol. The van der Waals surface area contributed by atoms with Crippen LogP contribution < -0.4 is 0 Å². The highest BCUT2D eigenvalue weighted by molar-refractivity contribution is 6.21. The van der Waals surface area contributed by atoms with Crippen LogP contribution in [0.4, 0.5) is 0 Å². The molecule has 0 amide bonds. The van der Waals surface area contributed by atoms with Gasteiger partial charge in [-0.1, -0.05) is 91.0 Å². The van der Waals surface area contributed by atoms with Crippen molar-refractivity contribution in [3.8, 4) is 22.3 Å². The van der Waals surface area contributed by atoms with Gasteiger partial charge in [0.1, 0.15) is 11.3 Å². The van der Waals surface area contributed by atoms with E-state index < -0.39 is 0 Å². The number of fused-ring (bicyclic) bond motifs is 3. The van der Waals surface area contributed by atoms with Gasteiger partial charge < -0.3 is 4.74 Å². The maximum Gasteiger partial charge on any atom is 0.236 e. The molecule has 7 rings (SSSR count). The molecule has 37 heavy (non-hydrogen) atoms. The Morgan fingerprint density at radius 3 is 1.76 bits per heavy atom. The predicted molar refractivity (Wildman–Crippen MR) is 154 cm³/mol. The van der Waals surface area contributed by atoms with Crippen LogP contribution in [0.25, 0.3) is 54.6 Å². The average molecular weight is 479 g/mol. The Bertz CT molecular complexity index is 1790. The molecule has 0 N–H and O–H groups in total. The normalized spacial score (nSPS) is 14.7. The van der Waals surface area contributed by atoms with Crippen molar-refractivity contribution in [2.75, 3.05) is 6.54 Å². The first kappa shape index (κ1) is 21.8. The monoisotopic (exact) mass is 478 g/mol. The lowest BCUT2D eigenvalue weighted by atomic mass is 9.86. The van der Waals surface area contributed by atoms with Crippen molar-refractivity contribution < 1.29 is 4.74 Å². The molecule has 0 saturated carbocycles. The fourth-order valence-corrected chi connectivity index (χ4v) is 5.49. The lowest BCUT2D eigenvalue weighted by molar-refractivity contribution is 0.131. The van der Waals surface area contributed by atoms with Gasteiger partial charge in [0.05, 0.1) is 6.54 Å². The van der Waals surface area contributed by atoms with Crippen LogP contribution in [0.5, 0.6) is 0 Å². The first-order chi connectivity index (χ1) is 18.1. The third-order valence-electron chi connectivity index (χ3n) is 7.22. The summed E-state index contributed by atoms with van der Waals surface area (Å²) in [5.41, 5.74) is 5.27. The maximum atomic E-state index is 6.00. The van der Waals surface area contributed by atoms with E-state index >= 15 is 0 Å². The highest BCUT2D eigenvalue weighted by Crippen LogP contribution is 2.43. The van der Waals surface area contributed by atoms with Crippen LogP contribution >= 0.6 is 0 Å². The minimum atomic E-state index is -0.277. The first-order valence-electron chi connectivity index (χ1n) is 12.7. The smallest absolute Gasteiger partial charge is 0.236 e. The van der Waals surface area contributed by atoms with E-state index in [0.29, 0.717) is 12.4 Å². The third kappa shape index (κ3) is 3.66. The molecule has 0 atom stereocenters. The summed E-state index contributed by atoms with van der Waals surface area (Å²) in [4.78, 5) is 9.33. The van der Waals surface area contributed by atoms with E-state index in [2.05, 4.69) is 102 Å². The number of hydrogen-bond donors (Lipinski definition) is 0. The van der Waals surface area contributed by atoms with Gasteiger partial charge in [0.15, 0.2) is 0 Å². The quantitative estimate of drug-likeness (QED) is 0.239. The number of hydrogen-bond acceptors (Lipinski definition) is 3. The molecular formula is C34H26N2O. The van der Waals surface area contributed by atoms with Crippen LogP contribution in [0.3, 0.4) is 0 Å². The van der Waals surface area contributed by atoms with E-state index in [1.165, 1.54) is 49.0 Å². The molecule has 0 radical (unpaired) electrons. The molecule has 0 saturated heterocycles. The predicted octanol–water partition coefficient (Wildman–Crippen LogP) is 8.43. The zero-order valence-corrected chi connectivity index (χ0v) is 20.9. The van der Waals surface area contributed by atoms with Crippen molar-refractivity contribution in [1.82, 2.24) is 4.98 Å². The van der Waals surface area contributed by atoms with Gasteiger partial charge in [-0.3, -0.25) is 4.98 Å². The standard InChI is InChI=1S/C34H26N2O/c1-34(2)21-36-33(37-34)30-18-17-25(20-35-30)32-28-13-7-5-11-26(28)31(27-12-6-8-14-29(27)32)24-16-15-22-9-3-4-10-23(22)19-24/h3-20H,21H2,1-2H3. The zero-order chi connectivity index (χ0) is 25.0. The third-order valence-corrected chi connectivity index (χ3v) is 7.22. The number of rotatable bonds is 3. The van der Waals surface area contributed by atoms with Crippen LogP contribution in [-0.4, -0.2) is 23.0 Å². The maximum absolute atomic E-state index is 6.00. The van der Waals surface area contributed by atoms with E-state index in [4.69, 9.17) is 9.72 Å². The van der Waals surface area contributed by atoms with Gasteiger partial charge in [-0.25, -0.2) is 4.99 Å². The Morgan fingerprint density at radius 1 is 0.622 bits per heavy atom. The second-order valence-electron chi connectivity index (χ2n) is 10.3. The van der Waals surface area contributed by atoms with Gasteiger partial charge in [0, 0.05) is 11.8 Å². The highest BCUT2D eigenvalue weighted by atomic mass is 16.5. The molecule has 2 heterocycles. The van der Waals surface area contributed by atoms with E-state index in [1.807, 2.05) is 26.1 Å². The van der Waals surface area contributed by atoms with Crippen molar-refractivity contribution in [2.45, 2.75) is 19.4 Å². The summed E-state index contributed by atoms with van der Waals surface area (Å²) in [6, 6.07) is 36.9. The van der Waals surface area contributed by atoms with Crippen molar-refractivity contribution >= 4 is 38.2 Å². The number of ether oxygens (including phenoxy) is 1. The molecule has 6 aromatic rings. The van der Waals surface area contributed by atoms with Gasteiger partial charge in [0.2, 0.25) is 5.90 Å². The minimum Gasteiger partial charge on any atom is -0.468 e. The summed E-state index contributed by atoms with van der Waals surface area (Å²) in [6.07, 6.45) is 1.95. The molecule has 5 aromatic carbocycles. The molecule has 0 spiro atoms. The molecule has 3 nitrogen and oxygen atoms in total. The second-order valence-corrected chi connectivity index (χ2v) is 10.3. The summed E-state index contributed by atoms with van der Waals surface area (Å²) < 4.78 is 6.00. The number of aromatic nitrogens is 1. The van der Waals surface area contributed by atoms with Crippen LogP contribution in [-0.2, 0) is 4.74 Å². The molecule has 0 bridgehead atoms. The summed E-state index contributed by atoms with van der Waals surface area (Å²) in [7, 11) is 0. The largest absolute Gasteiger partial charge is 0.468 e. The fraction of sp³-hybridized carbons (Fsp3) is 0.118. The van der Waals surface area contributed by atoms with E-state index in [-0.39, 0.29) is 5.60 Å². The summed E-state index contributed by atoms with van der Waals surface area (Å²) in [6.45, 7) is 4.75. The lowest BCUT2D eigenvalue weighted by Crippen LogP contribution is -2.24. The van der Waals surface area contributed by atoms with Gasteiger partial charge >= 0.3 is 0 Å². The number of pyridine rings is 1. The second kappa shape index (κ2) is 8.28. The van der Waals surface area contributed by atoms with Crippen LogP contribution in [0.15, 0.2) is 114 Å². The SMILES string of the molecule is CC1(C)CN=C(c2ccc(-c3c4ccccc4c(-c4ccc5ccccc5c4)c4ccccc34)cn2)O1. The zero-order valence-electron chi connectivity index (χ0n) is 20.9. The minimum absolute atomic E-state index is 0.277. The Balaban J connectivity index is 1.46. The van der Waals surface area contributed by atoms with Crippen molar-refractivity contribution in [3.63, 3.8) is 0 Å². The Labute approximate surface area is 216 Å². The molecule has 1 aromatic heterocycles. The van der Waals surface area contributed by atoms with Crippen LogP contribution in [0.1, 0.15) is 19.5 Å². The lowest BCUT2D eigenvalue weighted by Gasteiger charge is -2.18. The van der Waals surface area contributed by atoms with Crippen molar-refractivity contribution in [1.29, 1.82) is 0 Å². The molecule has 3 heteroatoms. The van der Waals surface area contributed by atoms with Crippen LogP contribution in [0.2, 0.25) is 0 Å². The highest BCUT2D eigenvalue weighted by Gasteiger charge is 2.29. The van der Waals surface area contributed by atoms with Crippen molar-refractivity contribution in [3.05, 3.63) is 115 Å². The average Bonchev–Trinajstić information content (AvgIpc) is 3.31. The number of nitrogens with zero attached hydrogens (tertiary/aromatic N) is 2.